The maximum Gasteiger partial charge on any atom is 0.305 e. The van der Waals surface area contributed by atoms with Crippen molar-refractivity contribution in [1.29, 1.82) is 0 Å². The van der Waals surface area contributed by atoms with Gasteiger partial charge in [0.2, 0.25) is 0 Å². The molecule has 1 aromatic carbocycles. The minimum absolute atomic E-state index is 0.203. The second kappa shape index (κ2) is 7.59. The van der Waals surface area contributed by atoms with Crippen molar-refractivity contribution in [3.05, 3.63) is 41.7 Å². The van der Waals surface area contributed by atoms with Gasteiger partial charge in [0, 0.05) is 22.9 Å². The molecular weight excluding hydrogens is 346 g/mol. The fourth-order valence-corrected chi connectivity index (χ4v) is 3.49. The number of benzene rings is 1. The molecule has 0 saturated heterocycles. The predicted molar refractivity (Wildman–Crippen MR) is 97.6 cm³/mol. The maximum absolute atomic E-state index is 11.1. The number of methoxy groups -OCH3 is 1. The molecule has 0 aliphatic carbocycles. The first kappa shape index (κ1) is 16.7. The van der Waals surface area contributed by atoms with E-state index in [1.807, 2.05) is 30.3 Å². The van der Waals surface area contributed by atoms with Gasteiger partial charge >= 0.3 is 5.97 Å². The van der Waals surface area contributed by atoms with E-state index >= 15 is 0 Å². The lowest BCUT2D eigenvalue weighted by Crippen LogP contribution is -2.07. The average molecular weight is 362 g/mol. The molecule has 0 amide bonds. The third-order valence-electron chi connectivity index (χ3n) is 3.52. The molecule has 0 atom stereocenters. The Morgan fingerprint density at radius 2 is 2.08 bits per heavy atom. The van der Waals surface area contributed by atoms with Crippen molar-refractivity contribution in [2.45, 2.75) is 12.8 Å². The Bertz CT molecular complexity index is 849. The molecule has 0 saturated carbocycles. The number of fused-ring (bicyclic) bond motifs is 1. The first-order valence-electron chi connectivity index (χ1n) is 7.48. The number of esters is 1. The van der Waals surface area contributed by atoms with E-state index in [-0.39, 0.29) is 5.97 Å². The molecule has 0 aliphatic rings. The molecule has 24 heavy (non-hydrogen) atoms. The number of hydrogen-bond donors (Lipinski definition) is 1. The summed E-state index contributed by atoms with van der Waals surface area (Å²) in [7, 11) is 1.40. The van der Waals surface area contributed by atoms with Crippen molar-refractivity contribution in [2.24, 2.45) is 0 Å². The van der Waals surface area contributed by atoms with E-state index in [2.05, 4.69) is 20.0 Å². The molecule has 2 aromatic heterocycles. The summed E-state index contributed by atoms with van der Waals surface area (Å²) in [5, 5.41) is 3.99. The summed E-state index contributed by atoms with van der Waals surface area (Å²) in [5.74, 6) is 0.584. The van der Waals surface area contributed by atoms with Crippen LogP contribution in [0.4, 0.5) is 5.82 Å². The molecule has 124 valence electrons. The lowest BCUT2D eigenvalue weighted by atomic mass is 10.2. The van der Waals surface area contributed by atoms with Crippen LogP contribution >= 0.6 is 22.9 Å². The largest absolute Gasteiger partial charge is 0.469 e. The van der Waals surface area contributed by atoms with Gasteiger partial charge in [-0.1, -0.05) is 23.7 Å². The van der Waals surface area contributed by atoms with Gasteiger partial charge in [-0.25, -0.2) is 9.97 Å². The lowest BCUT2D eigenvalue weighted by Gasteiger charge is -2.05. The number of halogens is 1. The van der Waals surface area contributed by atoms with Crippen LogP contribution in [0.5, 0.6) is 0 Å². The fraction of sp³-hybridized carbons (Fsp3) is 0.235. The van der Waals surface area contributed by atoms with E-state index < -0.39 is 0 Å². The number of carbonyl (C=O) groups excluding carboxylic acids is 1. The number of aromatic nitrogens is 2. The zero-order chi connectivity index (χ0) is 16.9. The molecule has 3 rings (SSSR count). The van der Waals surface area contributed by atoms with Crippen molar-refractivity contribution in [3.63, 3.8) is 0 Å². The molecule has 2 heterocycles. The molecule has 5 nitrogen and oxygen atoms in total. The molecule has 0 unspecified atom stereocenters. The van der Waals surface area contributed by atoms with Crippen molar-refractivity contribution in [1.82, 2.24) is 9.97 Å². The van der Waals surface area contributed by atoms with Gasteiger partial charge in [-0.3, -0.25) is 4.79 Å². The summed E-state index contributed by atoms with van der Waals surface area (Å²) in [6.45, 7) is 0.648. The van der Waals surface area contributed by atoms with Crippen LogP contribution in [-0.4, -0.2) is 29.6 Å². The summed E-state index contributed by atoms with van der Waals surface area (Å²) in [6, 6.07) is 9.77. The monoisotopic (exact) mass is 361 g/mol. The van der Waals surface area contributed by atoms with Crippen LogP contribution in [0.2, 0.25) is 5.02 Å². The Balaban J connectivity index is 1.77. The van der Waals surface area contributed by atoms with Crippen LogP contribution in [0, 0.1) is 0 Å². The highest BCUT2D eigenvalue weighted by atomic mass is 35.5. The third-order valence-corrected chi connectivity index (χ3v) is 4.95. The van der Waals surface area contributed by atoms with Crippen LogP contribution in [0.1, 0.15) is 12.8 Å². The van der Waals surface area contributed by atoms with E-state index in [0.717, 1.165) is 26.5 Å². The van der Waals surface area contributed by atoms with Crippen LogP contribution in [0.25, 0.3) is 20.7 Å². The summed E-state index contributed by atoms with van der Waals surface area (Å²) >= 11 is 7.57. The number of rotatable bonds is 6. The maximum atomic E-state index is 11.1. The van der Waals surface area contributed by atoms with Crippen molar-refractivity contribution >= 4 is 44.9 Å². The van der Waals surface area contributed by atoms with Crippen LogP contribution in [0.15, 0.2) is 36.7 Å². The number of carbonyl (C=O) groups is 1. The molecule has 0 aliphatic heterocycles. The minimum Gasteiger partial charge on any atom is -0.469 e. The number of nitrogens with zero attached hydrogens (tertiary/aromatic N) is 2. The number of thiophene rings is 1. The number of nitrogens with one attached hydrogen (secondary N) is 1. The number of ether oxygens (including phenoxy) is 1. The van der Waals surface area contributed by atoms with Crippen LogP contribution < -0.4 is 5.32 Å². The summed E-state index contributed by atoms with van der Waals surface area (Å²) in [4.78, 5) is 20.9. The first-order valence-corrected chi connectivity index (χ1v) is 8.68. The highest BCUT2D eigenvalue weighted by Crippen LogP contribution is 2.35. The summed E-state index contributed by atoms with van der Waals surface area (Å²) in [5.41, 5.74) is 1.99. The van der Waals surface area contributed by atoms with Crippen LogP contribution in [0.3, 0.4) is 0 Å². The summed E-state index contributed by atoms with van der Waals surface area (Å²) in [6.07, 6.45) is 2.62. The second-order valence-electron chi connectivity index (χ2n) is 5.16. The van der Waals surface area contributed by atoms with E-state index in [1.165, 1.54) is 7.11 Å². The van der Waals surface area contributed by atoms with E-state index in [0.29, 0.717) is 24.4 Å². The van der Waals surface area contributed by atoms with Crippen molar-refractivity contribution in [3.8, 4) is 10.4 Å². The van der Waals surface area contributed by atoms with E-state index in [9.17, 15) is 4.79 Å². The number of hydrogen-bond acceptors (Lipinski definition) is 6. The Labute approximate surface area is 148 Å². The molecular formula is C17H16ClN3O2S. The molecule has 0 fully saturated rings. The Hall–Kier alpha value is -2.18. The lowest BCUT2D eigenvalue weighted by molar-refractivity contribution is -0.140. The first-order chi connectivity index (χ1) is 11.7. The van der Waals surface area contributed by atoms with E-state index in [1.54, 1.807) is 17.7 Å². The Morgan fingerprint density at radius 3 is 2.83 bits per heavy atom. The Kier molecular flexibility index (Phi) is 5.27. The van der Waals surface area contributed by atoms with E-state index in [4.69, 9.17) is 11.6 Å². The highest BCUT2D eigenvalue weighted by Gasteiger charge is 2.10. The fourth-order valence-electron chi connectivity index (χ4n) is 2.28. The zero-order valence-corrected chi connectivity index (χ0v) is 14.7. The van der Waals surface area contributed by atoms with Crippen molar-refractivity contribution in [2.75, 3.05) is 19.0 Å². The standard InChI is InChI=1S/C17H16ClN3O2S/c1-23-15(22)3-2-8-19-17-16-13(20-10-21-17)9-14(24-16)11-4-6-12(18)7-5-11/h4-7,9-10H,2-3,8H2,1H3,(H,19,20,21). The van der Waals surface area contributed by atoms with Gasteiger partial charge in [0.1, 0.15) is 12.1 Å². The van der Waals surface area contributed by atoms with Crippen LogP contribution in [-0.2, 0) is 9.53 Å². The normalized spacial score (nSPS) is 10.8. The minimum atomic E-state index is -0.203. The zero-order valence-electron chi connectivity index (χ0n) is 13.1. The van der Waals surface area contributed by atoms with Gasteiger partial charge in [0.05, 0.1) is 17.3 Å². The molecule has 0 radical (unpaired) electrons. The van der Waals surface area contributed by atoms with Gasteiger partial charge < -0.3 is 10.1 Å². The van der Waals surface area contributed by atoms with Gasteiger partial charge in [0.25, 0.3) is 0 Å². The second-order valence-corrected chi connectivity index (χ2v) is 6.65. The Morgan fingerprint density at radius 1 is 1.29 bits per heavy atom. The third kappa shape index (κ3) is 3.83. The topological polar surface area (TPSA) is 64.1 Å². The molecule has 7 heteroatoms. The molecule has 0 bridgehead atoms. The van der Waals surface area contributed by atoms with Gasteiger partial charge in [0.15, 0.2) is 0 Å². The highest BCUT2D eigenvalue weighted by molar-refractivity contribution is 7.22. The van der Waals surface area contributed by atoms with Gasteiger partial charge in [-0.15, -0.1) is 11.3 Å². The number of anilines is 1. The summed E-state index contributed by atoms with van der Waals surface area (Å²) < 4.78 is 5.63. The average Bonchev–Trinajstić information content (AvgIpc) is 3.04. The smallest absolute Gasteiger partial charge is 0.305 e. The molecule has 0 spiro atoms. The van der Waals surface area contributed by atoms with Gasteiger partial charge in [-0.05, 0) is 30.2 Å². The van der Waals surface area contributed by atoms with Gasteiger partial charge in [-0.2, -0.15) is 0 Å². The molecule has 1 N–H and O–H groups in total. The molecule has 3 aromatic rings. The van der Waals surface area contributed by atoms with Crippen molar-refractivity contribution < 1.29 is 9.53 Å². The quantitative estimate of drug-likeness (QED) is 0.521. The predicted octanol–water partition coefficient (Wildman–Crippen LogP) is 4.38. The SMILES string of the molecule is COC(=O)CCCNc1ncnc2cc(-c3ccc(Cl)cc3)sc12.